The topological polar surface area (TPSA) is 110 Å². The first-order chi connectivity index (χ1) is 11.3. The molecule has 2 N–H and O–H groups in total. The number of benzene rings is 1. The van der Waals surface area contributed by atoms with Gasteiger partial charge in [-0.1, -0.05) is 12.1 Å². The first-order valence-corrected chi connectivity index (χ1v) is 7.52. The smallest absolute Gasteiger partial charge is 0.319 e. The maximum absolute atomic E-state index is 12.0. The third-order valence-corrected chi connectivity index (χ3v) is 3.80. The van der Waals surface area contributed by atoms with Crippen LogP contribution in [0.4, 0.5) is 16.2 Å². The van der Waals surface area contributed by atoms with Crippen LogP contribution >= 0.6 is 0 Å². The van der Waals surface area contributed by atoms with E-state index < -0.39 is 4.92 Å². The van der Waals surface area contributed by atoms with E-state index in [2.05, 4.69) is 15.8 Å². The Labute approximate surface area is 139 Å². The van der Waals surface area contributed by atoms with Crippen LogP contribution in [0.15, 0.2) is 22.7 Å². The summed E-state index contributed by atoms with van der Waals surface area (Å²) in [6, 6.07) is 4.07. The van der Waals surface area contributed by atoms with Crippen LogP contribution in [0.25, 0.3) is 0 Å². The molecule has 24 heavy (non-hydrogen) atoms. The lowest BCUT2D eigenvalue weighted by Gasteiger charge is -2.13. The Morgan fingerprint density at radius 2 is 2.08 bits per heavy atom. The number of aromatic nitrogens is 1. The minimum Gasteiger partial charge on any atom is -0.361 e. The third kappa shape index (κ3) is 3.89. The van der Waals surface area contributed by atoms with Crippen molar-refractivity contribution in [1.29, 1.82) is 0 Å². The largest absolute Gasteiger partial charge is 0.361 e. The molecule has 8 heteroatoms. The molecule has 2 aromatic rings. The van der Waals surface area contributed by atoms with E-state index in [1.165, 1.54) is 12.1 Å². The molecule has 0 fully saturated rings. The first-order valence-electron chi connectivity index (χ1n) is 7.52. The molecule has 0 aliphatic heterocycles. The van der Waals surface area contributed by atoms with Gasteiger partial charge in [-0.2, -0.15) is 0 Å². The normalized spacial score (nSPS) is 11.8. The number of hydrogen-bond donors (Lipinski definition) is 2. The number of nitrogens with one attached hydrogen (secondary N) is 2. The summed E-state index contributed by atoms with van der Waals surface area (Å²) in [6.07, 6.45) is 0. The molecule has 1 aromatic carbocycles. The molecule has 0 unspecified atom stereocenters. The standard InChI is InChI=1S/C16H20N4O4/c1-9-7-13(5-6-14(9)20(22)23)18-16(21)17-8-10(2)15-11(3)19-24-12(15)4/h5-7,10H,8H2,1-4H3,(H2,17,18,21)/t10-/m0/s1. The molecule has 0 aliphatic rings. The van der Waals surface area contributed by atoms with Crippen molar-refractivity contribution in [2.75, 3.05) is 11.9 Å². The van der Waals surface area contributed by atoms with E-state index in [9.17, 15) is 14.9 Å². The van der Waals surface area contributed by atoms with E-state index in [1.54, 1.807) is 13.0 Å². The van der Waals surface area contributed by atoms with Gasteiger partial charge in [-0.25, -0.2) is 4.79 Å². The monoisotopic (exact) mass is 332 g/mol. The van der Waals surface area contributed by atoms with E-state index in [0.29, 0.717) is 17.8 Å². The Morgan fingerprint density at radius 3 is 2.62 bits per heavy atom. The van der Waals surface area contributed by atoms with Crippen molar-refractivity contribution in [3.8, 4) is 0 Å². The maximum Gasteiger partial charge on any atom is 0.319 e. The van der Waals surface area contributed by atoms with Crippen molar-refractivity contribution < 1.29 is 14.2 Å². The summed E-state index contributed by atoms with van der Waals surface area (Å²) in [5.74, 6) is 0.800. The van der Waals surface area contributed by atoms with E-state index in [0.717, 1.165) is 17.0 Å². The van der Waals surface area contributed by atoms with Crippen molar-refractivity contribution in [3.63, 3.8) is 0 Å². The van der Waals surface area contributed by atoms with Gasteiger partial charge >= 0.3 is 6.03 Å². The Balaban J connectivity index is 1.94. The van der Waals surface area contributed by atoms with Gasteiger partial charge in [0.05, 0.1) is 10.6 Å². The van der Waals surface area contributed by atoms with Crippen LogP contribution in [-0.2, 0) is 0 Å². The van der Waals surface area contributed by atoms with Crippen LogP contribution in [0.2, 0.25) is 0 Å². The zero-order chi connectivity index (χ0) is 17.9. The highest BCUT2D eigenvalue weighted by Gasteiger charge is 2.17. The fraction of sp³-hybridized carbons (Fsp3) is 0.375. The van der Waals surface area contributed by atoms with Crippen LogP contribution in [0.3, 0.4) is 0 Å². The summed E-state index contributed by atoms with van der Waals surface area (Å²) < 4.78 is 5.13. The molecule has 2 amide bonds. The number of carbonyl (C=O) groups is 1. The van der Waals surface area contributed by atoms with Gasteiger partial charge in [0.2, 0.25) is 0 Å². The van der Waals surface area contributed by atoms with Gasteiger partial charge in [0.15, 0.2) is 0 Å². The molecule has 1 atom stereocenters. The Hall–Kier alpha value is -2.90. The Kier molecular flexibility index (Phi) is 5.18. The zero-order valence-electron chi connectivity index (χ0n) is 14.0. The summed E-state index contributed by atoms with van der Waals surface area (Å²) in [6.45, 7) is 7.72. The average molecular weight is 332 g/mol. The van der Waals surface area contributed by atoms with Crippen LogP contribution in [0.1, 0.15) is 35.4 Å². The van der Waals surface area contributed by atoms with Crippen molar-refractivity contribution in [2.24, 2.45) is 0 Å². The fourth-order valence-corrected chi connectivity index (χ4v) is 2.65. The molecule has 2 rings (SSSR count). The number of amides is 2. The van der Waals surface area contributed by atoms with Crippen LogP contribution < -0.4 is 10.6 Å². The van der Waals surface area contributed by atoms with Gasteiger partial charge in [-0.05, 0) is 32.9 Å². The second-order valence-electron chi connectivity index (χ2n) is 5.73. The number of anilines is 1. The number of carbonyl (C=O) groups excluding carboxylic acids is 1. The maximum atomic E-state index is 12.0. The molecule has 1 heterocycles. The van der Waals surface area contributed by atoms with Crippen molar-refractivity contribution in [1.82, 2.24) is 10.5 Å². The number of aryl methyl sites for hydroxylation is 3. The number of hydrogen-bond acceptors (Lipinski definition) is 5. The highest BCUT2D eigenvalue weighted by Crippen LogP contribution is 2.23. The molecule has 0 bridgehead atoms. The fourth-order valence-electron chi connectivity index (χ4n) is 2.65. The number of rotatable bonds is 5. The first kappa shape index (κ1) is 17.5. The summed E-state index contributed by atoms with van der Waals surface area (Å²) >= 11 is 0. The summed E-state index contributed by atoms with van der Waals surface area (Å²) in [7, 11) is 0. The molecule has 0 aliphatic carbocycles. The van der Waals surface area contributed by atoms with E-state index in [4.69, 9.17) is 4.52 Å². The van der Waals surface area contributed by atoms with E-state index in [-0.39, 0.29) is 17.6 Å². The molecule has 1 aromatic heterocycles. The molecule has 0 spiro atoms. The van der Waals surface area contributed by atoms with Gasteiger partial charge in [0, 0.05) is 35.3 Å². The third-order valence-electron chi connectivity index (χ3n) is 3.80. The summed E-state index contributed by atoms with van der Waals surface area (Å²) in [5.41, 5.74) is 2.81. The zero-order valence-corrected chi connectivity index (χ0v) is 14.0. The molecular formula is C16H20N4O4. The molecule has 0 radical (unpaired) electrons. The van der Waals surface area contributed by atoms with Gasteiger partial charge in [-0.15, -0.1) is 0 Å². The van der Waals surface area contributed by atoms with Crippen molar-refractivity contribution in [2.45, 2.75) is 33.6 Å². The summed E-state index contributed by atoms with van der Waals surface area (Å²) in [4.78, 5) is 22.3. The van der Waals surface area contributed by atoms with E-state index >= 15 is 0 Å². The molecule has 0 saturated carbocycles. The minimum atomic E-state index is -0.454. The summed E-state index contributed by atoms with van der Waals surface area (Å²) in [5, 5.41) is 20.1. The van der Waals surface area contributed by atoms with Crippen molar-refractivity contribution >= 4 is 17.4 Å². The number of urea groups is 1. The number of nitro groups is 1. The Bertz CT molecular complexity index is 750. The average Bonchev–Trinajstić information content (AvgIpc) is 2.83. The molecule has 128 valence electrons. The lowest BCUT2D eigenvalue weighted by molar-refractivity contribution is -0.385. The Morgan fingerprint density at radius 1 is 1.38 bits per heavy atom. The molecule has 8 nitrogen and oxygen atoms in total. The second kappa shape index (κ2) is 7.12. The lowest BCUT2D eigenvalue weighted by atomic mass is 10.00. The SMILES string of the molecule is Cc1cc(NC(=O)NC[C@H](C)c2c(C)noc2C)ccc1[N+](=O)[O-]. The van der Waals surface area contributed by atoms with Gasteiger partial charge in [0.25, 0.3) is 5.69 Å². The highest BCUT2D eigenvalue weighted by atomic mass is 16.6. The van der Waals surface area contributed by atoms with Crippen LogP contribution in [-0.4, -0.2) is 22.7 Å². The second-order valence-corrected chi connectivity index (χ2v) is 5.73. The van der Waals surface area contributed by atoms with Crippen LogP contribution in [0, 0.1) is 30.9 Å². The van der Waals surface area contributed by atoms with Crippen molar-refractivity contribution in [3.05, 3.63) is 50.9 Å². The quantitative estimate of drug-likeness (QED) is 0.643. The highest BCUT2D eigenvalue weighted by molar-refractivity contribution is 5.89. The number of nitrogens with zero attached hydrogens (tertiary/aromatic N) is 2. The molecule has 0 saturated heterocycles. The lowest BCUT2D eigenvalue weighted by Crippen LogP contribution is -2.32. The van der Waals surface area contributed by atoms with Crippen LogP contribution in [0.5, 0.6) is 0 Å². The predicted octanol–water partition coefficient (Wildman–Crippen LogP) is 3.43. The predicted molar refractivity (Wildman–Crippen MR) is 89.2 cm³/mol. The van der Waals surface area contributed by atoms with Gasteiger partial charge < -0.3 is 15.2 Å². The van der Waals surface area contributed by atoms with E-state index in [1.807, 2.05) is 20.8 Å². The van der Waals surface area contributed by atoms with Gasteiger partial charge in [0.1, 0.15) is 5.76 Å². The van der Waals surface area contributed by atoms with Gasteiger partial charge in [-0.3, -0.25) is 10.1 Å². The number of nitro benzene ring substituents is 1. The minimum absolute atomic E-state index is 0.0213. The molecular weight excluding hydrogens is 312 g/mol.